The van der Waals surface area contributed by atoms with Gasteiger partial charge in [0.1, 0.15) is 11.6 Å². The zero-order valence-corrected chi connectivity index (χ0v) is 11.7. The van der Waals surface area contributed by atoms with Crippen LogP contribution in [0.4, 0.5) is 8.78 Å². The number of hydrogen-bond acceptors (Lipinski definition) is 2. The van der Waals surface area contributed by atoms with Crippen molar-refractivity contribution >= 4 is 22.6 Å². The molecular formula is C16H12ClF2NO. The zero-order valence-electron chi connectivity index (χ0n) is 10.9. The lowest BCUT2D eigenvalue weighted by Gasteiger charge is -2.11. The van der Waals surface area contributed by atoms with Crippen LogP contribution < -0.4 is 5.73 Å². The van der Waals surface area contributed by atoms with Gasteiger partial charge < -0.3 is 10.2 Å². The van der Waals surface area contributed by atoms with Gasteiger partial charge >= 0.3 is 0 Å². The first kappa shape index (κ1) is 14.0. The van der Waals surface area contributed by atoms with E-state index in [0.717, 1.165) is 0 Å². The van der Waals surface area contributed by atoms with Crippen LogP contribution in [0, 0.1) is 11.6 Å². The highest BCUT2D eigenvalue weighted by atomic mass is 35.5. The highest BCUT2D eigenvalue weighted by molar-refractivity contribution is 6.31. The SMILES string of the molecule is NC(Cc1c(F)cccc1Cl)c1cc2cccc(F)c2o1. The van der Waals surface area contributed by atoms with Gasteiger partial charge in [-0.15, -0.1) is 0 Å². The fraction of sp³-hybridized carbons (Fsp3) is 0.125. The van der Waals surface area contributed by atoms with Crippen molar-refractivity contribution in [2.24, 2.45) is 5.73 Å². The van der Waals surface area contributed by atoms with Crippen LogP contribution in [0.15, 0.2) is 46.9 Å². The number of rotatable bonds is 3. The summed E-state index contributed by atoms with van der Waals surface area (Å²) in [7, 11) is 0. The van der Waals surface area contributed by atoms with Crippen molar-refractivity contribution in [2.45, 2.75) is 12.5 Å². The molecular weight excluding hydrogens is 296 g/mol. The van der Waals surface area contributed by atoms with Gasteiger partial charge in [0.05, 0.1) is 6.04 Å². The second-order valence-corrected chi connectivity index (χ2v) is 5.22. The lowest BCUT2D eigenvalue weighted by molar-refractivity contribution is 0.473. The van der Waals surface area contributed by atoms with Crippen LogP contribution in [0.3, 0.4) is 0 Å². The fourth-order valence-corrected chi connectivity index (χ4v) is 2.52. The molecule has 3 aromatic rings. The number of halogens is 3. The summed E-state index contributed by atoms with van der Waals surface area (Å²) < 4.78 is 32.8. The Bertz CT molecular complexity index is 780. The van der Waals surface area contributed by atoms with E-state index in [1.54, 1.807) is 24.3 Å². The molecule has 0 amide bonds. The highest BCUT2D eigenvalue weighted by Gasteiger charge is 2.18. The number of benzene rings is 2. The molecule has 21 heavy (non-hydrogen) atoms. The smallest absolute Gasteiger partial charge is 0.169 e. The summed E-state index contributed by atoms with van der Waals surface area (Å²) in [6.45, 7) is 0. The van der Waals surface area contributed by atoms with Gasteiger partial charge in [0.15, 0.2) is 11.4 Å². The molecule has 0 radical (unpaired) electrons. The Labute approximate surface area is 125 Å². The predicted octanol–water partition coefficient (Wildman–Crippen LogP) is 4.61. The molecule has 0 spiro atoms. The maximum atomic E-state index is 13.8. The van der Waals surface area contributed by atoms with Crippen molar-refractivity contribution in [3.8, 4) is 0 Å². The Morgan fingerprint density at radius 2 is 1.81 bits per heavy atom. The second-order valence-electron chi connectivity index (χ2n) is 4.82. The lowest BCUT2D eigenvalue weighted by Crippen LogP contribution is -2.13. The molecule has 1 heterocycles. The average Bonchev–Trinajstić information content (AvgIpc) is 2.88. The summed E-state index contributed by atoms with van der Waals surface area (Å²) in [5.41, 5.74) is 6.52. The third-order valence-electron chi connectivity index (χ3n) is 3.37. The summed E-state index contributed by atoms with van der Waals surface area (Å²) in [6, 6.07) is 10.2. The van der Waals surface area contributed by atoms with Gasteiger partial charge in [0.2, 0.25) is 0 Å². The molecule has 0 saturated carbocycles. The van der Waals surface area contributed by atoms with Crippen molar-refractivity contribution in [1.29, 1.82) is 0 Å². The summed E-state index contributed by atoms with van der Waals surface area (Å²) in [5, 5.41) is 0.938. The molecule has 0 bridgehead atoms. The van der Waals surface area contributed by atoms with E-state index in [9.17, 15) is 8.78 Å². The number of furan rings is 1. The molecule has 2 N–H and O–H groups in total. The summed E-state index contributed by atoms with van der Waals surface area (Å²) in [6.07, 6.45) is 0.174. The van der Waals surface area contributed by atoms with Crippen molar-refractivity contribution in [3.05, 3.63) is 70.4 Å². The van der Waals surface area contributed by atoms with Gasteiger partial charge in [-0.25, -0.2) is 8.78 Å². The van der Waals surface area contributed by atoms with Gasteiger partial charge in [0, 0.05) is 16.0 Å². The minimum Gasteiger partial charge on any atom is -0.456 e. The van der Waals surface area contributed by atoms with Gasteiger partial charge in [0.25, 0.3) is 0 Å². The zero-order chi connectivity index (χ0) is 15.0. The highest BCUT2D eigenvalue weighted by Crippen LogP contribution is 2.29. The molecule has 0 fully saturated rings. The first-order valence-electron chi connectivity index (χ1n) is 6.42. The monoisotopic (exact) mass is 307 g/mol. The molecule has 1 unspecified atom stereocenters. The van der Waals surface area contributed by atoms with E-state index in [2.05, 4.69) is 0 Å². The molecule has 3 rings (SSSR count). The van der Waals surface area contributed by atoms with E-state index < -0.39 is 17.7 Å². The topological polar surface area (TPSA) is 39.2 Å². The van der Waals surface area contributed by atoms with Crippen LogP contribution >= 0.6 is 11.6 Å². The molecule has 2 aromatic carbocycles. The van der Waals surface area contributed by atoms with Crippen LogP contribution in [0.1, 0.15) is 17.4 Å². The van der Waals surface area contributed by atoms with E-state index in [1.165, 1.54) is 18.2 Å². The van der Waals surface area contributed by atoms with Gasteiger partial charge in [-0.3, -0.25) is 0 Å². The Balaban J connectivity index is 1.94. The summed E-state index contributed by atoms with van der Waals surface area (Å²) >= 11 is 5.98. The van der Waals surface area contributed by atoms with Crippen molar-refractivity contribution in [2.75, 3.05) is 0 Å². The number of para-hydroxylation sites is 1. The first-order valence-corrected chi connectivity index (χ1v) is 6.80. The van der Waals surface area contributed by atoms with E-state index in [-0.39, 0.29) is 12.0 Å². The Morgan fingerprint density at radius 3 is 2.52 bits per heavy atom. The third kappa shape index (κ3) is 2.64. The molecule has 5 heteroatoms. The van der Waals surface area contributed by atoms with E-state index in [0.29, 0.717) is 21.7 Å². The van der Waals surface area contributed by atoms with Gasteiger partial charge in [-0.1, -0.05) is 29.8 Å². The molecule has 0 aliphatic carbocycles. The van der Waals surface area contributed by atoms with Crippen LogP contribution in [0.5, 0.6) is 0 Å². The normalized spacial score (nSPS) is 12.8. The average molecular weight is 308 g/mol. The predicted molar refractivity (Wildman–Crippen MR) is 78.2 cm³/mol. The Hall–Kier alpha value is -1.91. The van der Waals surface area contributed by atoms with Crippen molar-refractivity contribution in [3.63, 3.8) is 0 Å². The molecule has 0 saturated heterocycles. The third-order valence-corrected chi connectivity index (χ3v) is 3.72. The first-order chi connectivity index (χ1) is 10.1. The molecule has 0 aliphatic heterocycles. The molecule has 1 aromatic heterocycles. The largest absolute Gasteiger partial charge is 0.456 e. The maximum absolute atomic E-state index is 13.8. The number of fused-ring (bicyclic) bond motifs is 1. The van der Waals surface area contributed by atoms with E-state index in [1.807, 2.05) is 0 Å². The standard InChI is InChI=1S/C16H12ClF2NO/c17-11-4-2-5-12(18)10(11)8-14(20)15-7-9-3-1-6-13(19)16(9)21-15/h1-7,14H,8,20H2. The fourth-order valence-electron chi connectivity index (χ4n) is 2.28. The van der Waals surface area contributed by atoms with Crippen LogP contribution in [0.25, 0.3) is 11.0 Å². The van der Waals surface area contributed by atoms with E-state index in [4.69, 9.17) is 21.8 Å². The molecule has 0 aliphatic rings. The lowest BCUT2D eigenvalue weighted by atomic mass is 10.0. The van der Waals surface area contributed by atoms with Crippen molar-refractivity contribution < 1.29 is 13.2 Å². The molecule has 2 nitrogen and oxygen atoms in total. The molecule has 108 valence electrons. The van der Waals surface area contributed by atoms with Crippen LogP contribution in [-0.4, -0.2) is 0 Å². The van der Waals surface area contributed by atoms with Gasteiger partial charge in [-0.2, -0.15) is 0 Å². The Kier molecular flexibility index (Phi) is 3.66. The second kappa shape index (κ2) is 5.47. The number of hydrogen-bond donors (Lipinski definition) is 1. The van der Waals surface area contributed by atoms with Crippen molar-refractivity contribution in [1.82, 2.24) is 0 Å². The van der Waals surface area contributed by atoms with E-state index >= 15 is 0 Å². The quantitative estimate of drug-likeness (QED) is 0.767. The Morgan fingerprint density at radius 1 is 1.10 bits per heavy atom. The summed E-state index contributed by atoms with van der Waals surface area (Å²) in [5.74, 6) is -0.468. The maximum Gasteiger partial charge on any atom is 0.169 e. The van der Waals surface area contributed by atoms with Crippen LogP contribution in [-0.2, 0) is 6.42 Å². The number of nitrogens with two attached hydrogens (primary N) is 1. The molecule has 1 atom stereocenters. The summed E-state index contributed by atoms with van der Waals surface area (Å²) in [4.78, 5) is 0. The van der Waals surface area contributed by atoms with Gasteiger partial charge in [-0.05, 0) is 30.7 Å². The van der Waals surface area contributed by atoms with Crippen LogP contribution in [0.2, 0.25) is 5.02 Å². The minimum absolute atomic E-state index is 0.155. The minimum atomic E-state index is -0.605.